The van der Waals surface area contributed by atoms with Crippen molar-refractivity contribution in [2.75, 3.05) is 19.3 Å². The van der Waals surface area contributed by atoms with Crippen molar-refractivity contribution >= 4 is 36.7 Å². The van der Waals surface area contributed by atoms with Crippen molar-refractivity contribution < 1.29 is 21.8 Å². The van der Waals surface area contributed by atoms with E-state index in [0.717, 1.165) is 0 Å². The Hall–Kier alpha value is -0.710. The molecule has 1 heterocycles. The molecule has 0 aliphatic heterocycles. The number of aromatic nitrogens is 3. The minimum absolute atomic E-state index is 0.0530. The van der Waals surface area contributed by atoms with Crippen molar-refractivity contribution in [3.8, 4) is 12.0 Å². The molecule has 0 amide bonds. The maximum Gasteiger partial charge on any atom is 0.441 e. The molecule has 11 heteroatoms. The monoisotopic (exact) mass is 362 g/mol. The molecule has 2 N–H and O–H groups in total. The van der Waals surface area contributed by atoms with Crippen molar-refractivity contribution in [3.05, 3.63) is 0 Å². The van der Waals surface area contributed by atoms with Crippen LogP contribution >= 0.6 is 30.8 Å². The number of hydrogen-bond donors (Lipinski definition) is 2. The molecule has 1 atom stereocenters. The average molecular weight is 362 g/mol. The van der Waals surface area contributed by atoms with E-state index >= 15 is 0 Å². The van der Waals surface area contributed by atoms with E-state index in [1.807, 2.05) is 0 Å². The molecular weight excluding hydrogens is 354 g/mol. The van der Waals surface area contributed by atoms with Crippen LogP contribution in [0.2, 0.25) is 0 Å². The molecule has 0 fully saturated rings. The number of rotatable bonds is 5. The summed E-state index contributed by atoms with van der Waals surface area (Å²) in [6, 6.07) is -0.106. The maximum atomic E-state index is 11.2. The molecular formula is C5H8IN4O5P. The zero-order valence-corrected chi connectivity index (χ0v) is 11.3. The van der Waals surface area contributed by atoms with Gasteiger partial charge in [-0.15, -0.1) is 4.98 Å². The van der Waals surface area contributed by atoms with E-state index in [1.54, 1.807) is 0 Å². The number of methoxy groups -OCH3 is 2. The first-order valence-corrected chi connectivity index (χ1v) is 6.22. The fourth-order valence-electron chi connectivity index (χ4n) is 0.714. The smallest absolute Gasteiger partial charge is 0.441 e. The molecule has 1 unspecified atom stereocenters. The average Bonchev–Trinajstić information content (AvgIpc) is 2.28. The van der Waals surface area contributed by atoms with E-state index in [4.69, 9.17) is 14.4 Å². The first kappa shape index (κ1) is 13.4. The lowest BCUT2D eigenvalue weighted by Gasteiger charge is -2.09. The molecule has 0 radical (unpaired) electrons. The molecule has 16 heavy (non-hydrogen) atoms. The summed E-state index contributed by atoms with van der Waals surface area (Å²) in [5.41, 5.74) is 0. The molecule has 0 aliphatic carbocycles. The Balaban J connectivity index is 3.00. The van der Waals surface area contributed by atoms with E-state index in [-0.39, 0.29) is 18.0 Å². The second-order valence-electron chi connectivity index (χ2n) is 2.33. The van der Waals surface area contributed by atoms with Crippen LogP contribution in [-0.4, -0.2) is 34.1 Å². The van der Waals surface area contributed by atoms with Crippen molar-refractivity contribution in [1.29, 1.82) is 0 Å². The number of ether oxygens (including phenoxy) is 2. The van der Waals surface area contributed by atoms with Gasteiger partial charge in [-0.25, -0.2) is 7.42 Å². The van der Waals surface area contributed by atoms with Gasteiger partial charge < -0.3 is 14.4 Å². The Kier molecular flexibility index (Phi) is 4.65. The van der Waals surface area contributed by atoms with Gasteiger partial charge in [-0.05, 0) is 0 Å². The second kappa shape index (κ2) is 5.57. The van der Waals surface area contributed by atoms with E-state index < -0.39 is 7.75 Å². The van der Waals surface area contributed by atoms with Crippen molar-refractivity contribution in [2.24, 2.45) is 0 Å². The van der Waals surface area contributed by atoms with Gasteiger partial charge in [-0.3, -0.25) is 5.09 Å². The number of anilines is 1. The molecule has 0 aliphatic rings. The molecule has 0 spiro atoms. The zero-order chi connectivity index (χ0) is 12.2. The van der Waals surface area contributed by atoms with E-state index in [2.05, 4.69) is 22.9 Å². The number of nitrogens with zero attached hydrogens (tertiary/aromatic N) is 3. The van der Waals surface area contributed by atoms with Crippen LogP contribution in [0.1, 0.15) is 0 Å². The van der Waals surface area contributed by atoms with Gasteiger partial charge in [0.25, 0.3) is 0 Å². The third kappa shape index (κ3) is 3.70. The topological polar surface area (TPSA) is 116 Å². The van der Waals surface area contributed by atoms with Gasteiger partial charge in [-0.1, -0.05) is 0 Å². The van der Waals surface area contributed by atoms with Crippen LogP contribution in [0.5, 0.6) is 12.0 Å². The summed E-state index contributed by atoms with van der Waals surface area (Å²) in [5, 5.41) is 2.08. The minimum Gasteiger partial charge on any atom is -0.467 e. The van der Waals surface area contributed by atoms with Crippen LogP contribution in [0.4, 0.5) is 5.95 Å². The first-order valence-electron chi connectivity index (χ1n) is 3.76. The van der Waals surface area contributed by atoms with Gasteiger partial charge in [0.1, 0.15) is 23.0 Å². The van der Waals surface area contributed by atoms with E-state index in [9.17, 15) is 4.57 Å². The number of nitrogens with one attached hydrogen (secondary N) is 1. The summed E-state index contributed by atoms with van der Waals surface area (Å²) >= 11 is 1.28. The quantitative estimate of drug-likeness (QED) is 0.579. The van der Waals surface area contributed by atoms with Crippen LogP contribution in [0.15, 0.2) is 0 Å². The largest absolute Gasteiger partial charge is 0.467 e. The van der Waals surface area contributed by atoms with Crippen molar-refractivity contribution in [3.63, 3.8) is 0 Å². The SMILES string of the molecule is COc1nc(NP(=O)(O)OI)nc(OC)n1. The number of hydrogen-bond acceptors (Lipinski definition) is 7. The predicted octanol–water partition coefficient (Wildman–Crippen LogP) is 0.768. The van der Waals surface area contributed by atoms with Crippen LogP contribution < -0.4 is 14.6 Å². The fourth-order valence-corrected chi connectivity index (χ4v) is 1.40. The third-order valence-electron chi connectivity index (χ3n) is 1.29. The highest BCUT2D eigenvalue weighted by atomic mass is 127. The molecule has 1 aromatic rings. The minimum atomic E-state index is -3.98. The summed E-state index contributed by atoms with van der Waals surface area (Å²) < 4.78 is 25.0. The summed E-state index contributed by atoms with van der Waals surface area (Å²) in [5.74, 6) is -0.189. The van der Waals surface area contributed by atoms with Crippen LogP contribution in [0, 0.1) is 0 Å². The predicted molar refractivity (Wildman–Crippen MR) is 61.5 cm³/mol. The Morgan fingerprint density at radius 3 is 2.12 bits per heavy atom. The van der Waals surface area contributed by atoms with Crippen molar-refractivity contribution in [2.45, 2.75) is 0 Å². The Labute approximate surface area is 105 Å². The summed E-state index contributed by atoms with van der Waals surface area (Å²) in [7, 11) is -1.30. The van der Waals surface area contributed by atoms with Gasteiger partial charge in [-0.2, -0.15) is 9.97 Å². The van der Waals surface area contributed by atoms with E-state index in [0.29, 0.717) is 0 Å². The first-order chi connectivity index (χ1) is 7.50. The normalized spacial score (nSPS) is 14.0. The molecule has 0 bridgehead atoms. The lowest BCUT2D eigenvalue weighted by molar-refractivity contribution is 0.341. The summed E-state index contributed by atoms with van der Waals surface area (Å²) in [4.78, 5) is 20.2. The highest BCUT2D eigenvalue weighted by Crippen LogP contribution is 2.43. The summed E-state index contributed by atoms with van der Waals surface area (Å²) in [6.45, 7) is 0. The highest BCUT2D eigenvalue weighted by molar-refractivity contribution is 14.1. The molecule has 90 valence electrons. The van der Waals surface area contributed by atoms with Crippen LogP contribution in [0.3, 0.4) is 0 Å². The Morgan fingerprint density at radius 2 is 1.75 bits per heavy atom. The Bertz CT molecular complexity index is 396. The fraction of sp³-hybridized carbons (Fsp3) is 0.400. The molecule has 1 rings (SSSR count). The summed E-state index contributed by atoms with van der Waals surface area (Å²) in [6.07, 6.45) is 0. The molecule has 0 aromatic carbocycles. The lowest BCUT2D eigenvalue weighted by atomic mass is 10.9. The van der Waals surface area contributed by atoms with E-state index in [1.165, 1.54) is 37.2 Å². The molecule has 0 saturated heterocycles. The van der Waals surface area contributed by atoms with Crippen molar-refractivity contribution in [1.82, 2.24) is 15.0 Å². The van der Waals surface area contributed by atoms with Gasteiger partial charge in [0.05, 0.1) is 14.2 Å². The second-order valence-corrected chi connectivity index (χ2v) is 4.92. The number of halogens is 1. The molecule has 1 aromatic heterocycles. The Morgan fingerprint density at radius 1 is 1.25 bits per heavy atom. The van der Waals surface area contributed by atoms with Gasteiger partial charge in [0, 0.05) is 0 Å². The third-order valence-corrected chi connectivity index (χ3v) is 3.57. The van der Waals surface area contributed by atoms with Gasteiger partial charge in [0.15, 0.2) is 0 Å². The van der Waals surface area contributed by atoms with Gasteiger partial charge in [0.2, 0.25) is 5.95 Å². The maximum absolute atomic E-state index is 11.2. The highest BCUT2D eigenvalue weighted by Gasteiger charge is 2.21. The standard InChI is InChI=1S/C5H8IN4O5P/c1-13-4-7-3(8-5(9-4)14-2)10-16(11,12)15-6/h1-2H3,(H2,7,8,9,10,11,12). The van der Waals surface area contributed by atoms with Crippen LogP contribution in [0.25, 0.3) is 0 Å². The van der Waals surface area contributed by atoms with Gasteiger partial charge >= 0.3 is 19.8 Å². The molecule has 9 nitrogen and oxygen atoms in total. The lowest BCUT2D eigenvalue weighted by Crippen LogP contribution is -2.05. The van der Waals surface area contributed by atoms with Crippen LogP contribution in [-0.2, 0) is 7.42 Å². The zero-order valence-electron chi connectivity index (χ0n) is 8.25. The molecule has 0 saturated carbocycles.